The highest BCUT2D eigenvalue weighted by Crippen LogP contribution is 2.20. The highest BCUT2D eigenvalue weighted by Gasteiger charge is 2.21. The van der Waals surface area contributed by atoms with Crippen LogP contribution >= 0.6 is 22.9 Å². The Hall–Kier alpha value is -1.85. The van der Waals surface area contributed by atoms with E-state index in [9.17, 15) is 9.59 Å². The molecule has 0 fully saturated rings. The summed E-state index contributed by atoms with van der Waals surface area (Å²) in [6, 6.07) is 10.5. The predicted molar refractivity (Wildman–Crippen MR) is 96.9 cm³/mol. The van der Waals surface area contributed by atoms with Gasteiger partial charge in [-0.2, -0.15) is 0 Å². The summed E-state index contributed by atoms with van der Waals surface area (Å²) in [5.41, 5.74) is -0.430. The number of benzene rings is 1. The maximum Gasteiger partial charge on any atom is 0.225 e. The Morgan fingerprint density at radius 2 is 1.96 bits per heavy atom. The fourth-order valence-electron chi connectivity index (χ4n) is 1.83. The number of halogens is 1. The van der Waals surface area contributed by atoms with Crippen molar-refractivity contribution in [2.75, 3.05) is 6.61 Å². The minimum atomic E-state index is -0.430. The van der Waals surface area contributed by atoms with Gasteiger partial charge in [-0.1, -0.05) is 38.4 Å². The lowest BCUT2D eigenvalue weighted by atomic mass is 9.96. The van der Waals surface area contributed by atoms with Gasteiger partial charge < -0.3 is 10.1 Å². The van der Waals surface area contributed by atoms with E-state index in [0.29, 0.717) is 22.2 Å². The number of nitrogens with one attached hydrogen (secondary N) is 1. The first kappa shape index (κ1) is 18.5. The van der Waals surface area contributed by atoms with E-state index in [1.807, 2.05) is 26.8 Å². The van der Waals surface area contributed by atoms with Crippen molar-refractivity contribution in [3.63, 3.8) is 0 Å². The number of thiophene rings is 1. The molecule has 2 aromatic rings. The minimum Gasteiger partial charge on any atom is -0.485 e. The second-order valence-corrected chi connectivity index (χ2v) is 7.97. The van der Waals surface area contributed by atoms with Crippen molar-refractivity contribution in [3.05, 3.63) is 51.2 Å². The standard InChI is InChI=1S/C18H20ClNO3S/c1-18(2,3)17(22)20-10-14-7-8-16(24-14)15(21)11-23-13-6-4-5-12(19)9-13/h4-9H,10-11H2,1-3H3,(H,20,22). The number of ether oxygens (including phenoxy) is 1. The van der Waals surface area contributed by atoms with Crippen molar-refractivity contribution < 1.29 is 14.3 Å². The van der Waals surface area contributed by atoms with Crippen LogP contribution in [0.15, 0.2) is 36.4 Å². The first-order chi connectivity index (χ1) is 11.3. The molecule has 1 amide bonds. The van der Waals surface area contributed by atoms with Gasteiger partial charge in [-0.05, 0) is 30.3 Å². The van der Waals surface area contributed by atoms with E-state index in [2.05, 4.69) is 5.32 Å². The molecular formula is C18H20ClNO3S. The van der Waals surface area contributed by atoms with Crippen LogP contribution in [-0.4, -0.2) is 18.3 Å². The molecule has 128 valence electrons. The van der Waals surface area contributed by atoms with Crippen LogP contribution in [0.5, 0.6) is 5.75 Å². The normalized spacial score (nSPS) is 11.2. The maximum atomic E-state index is 12.2. The van der Waals surface area contributed by atoms with Crippen LogP contribution in [0.3, 0.4) is 0 Å². The van der Waals surface area contributed by atoms with E-state index in [4.69, 9.17) is 16.3 Å². The molecule has 0 aliphatic carbocycles. The summed E-state index contributed by atoms with van der Waals surface area (Å²) < 4.78 is 5.46. The molecule has 0 aliphatic heterocycles. The molecule has 2 rings (SSSR count). The third kappa shape index (κ3) is 5.35. The fourth-order valence-corrected chi connectivity index (χ4v) is 2.88. The lowest BCUT2D eigenvalue weighted by Gasteiger charge is -2.17. The second-order valence-electron chi connectivity index (χ2n) is 6.37. The molecule has 1 aromatic carbocycles. The van der Waals surface area contributed by atoms with Gasteiger partial charge in [-0.15, -0.1) is 11.3 Å². The number of carbonyl (C=O) groups is 2. The third-order valence-corrected chi connectivity index (χ3v) is 4.57. The highest BCUT2D eigenvalue weighted by atomic mass is 35.5. The second kappa shape index (κ2) is 7.81. The number of rotatable bonds is 6. The van der Waals surface area contributed by atoms with E-state index in [0.717, 1.165) is 4.88 Å². The molecular weight excluding hydrogens is 346 g/mol. The molecule has 0 radical (unpaired) electrons. The van der Waals surface area contributed by atoms with Gasteiger partial charge >= 0.3 is 0 Å². The zero-order valence-electron chi connectivity index (χ0n) is 13.9. The molecule has 0 saturated heterocycles. The average Bonchev–Trinajstić information content (AvgIpc) is 2.98. The van der Waals surface area contributed by atoms with Crippen LogP contribution in [-0.2, 0) is 11.3 Å². The van der Waals surface area contributed by atoms with Crippen molar-refractivity contribution in [2.45, 2.75) is 27.3 Å². The van der Waals surface area contributed by atoms with E-state index in [1.54, 1.807) is 30.3 Å². The average molecular weight is 366 g/mol. The zero-order valence-corrected chi connectivity index (χ0v) is 15.5. The van der Waals surface area contributed by atoms with Gasteiger partial charge in [0.1, 0.15) is 5.75 Å². The predicted octanol–water partition coefficient (Wildman–Crippen LogP) is 4.33. The summed E-state index contributed by atoms with van der Waals surface area (Å²) in [5.74, 6) is 0.437. The van der Waals surface area contributed by atoms with Crippen LogP contribution in [0.4, 0.5) is 0 Å². The monoisotopic (exact) mass is 365 g/mol. The first-order valence-electron chi connectivity index (χ1n) is 7.54. The van der Waals surface area contributed by atoms with Crippen molar-refractivity contribution in [2.24, 2.45) is 5.41 Å². The Morgan fingerprint density at radius 1 is 1.21 bits per heavy atom. The number of ketones is 1. The molecule has 6 heteroatoms. The molecule has 1 N–H and O–H groups in total. The smallest absolute Gasteiger partial charge is 0.225 e. The van der Waals surface area contributed by atoms with Crippen LogP contribution in [0.25, 0.3) is 0 Å². The number of Topliss-reactive ketones (excluding diaryl/α,β-unsaturated/α-hetero) is 1. The van der Waals surface area contributed by atoms with Gasteiger partial charge in [0, 0.05) is 15.3 Å². The summed E-state index contributed by atoms with van der Waals surface area (Å²) in [5, 5.41) is 3.43. The van der Waals surface area contributed by atoms with E-state index in [-0.39, 0.29) is 18.3 Å². The van der Waals surface area contributed by atoms with E-state index in [1.165, 1.54) is 11.3 Å². The topological polar surface area (TPSA) is 55.4 Å². The lowest BCUT2D eigenvalue weighted by molar-refractivity contribution is -0.128. The van der Waals surface area contributed by atoms with Crippen molar-refractivity contribution >= 4 is 34.6 Å². The molecule has 24 heavy (non-hydrogen) atoms. The largest absolute Gasteiger partial charge is 0.485 e. The molecule has 0 atom stereocenters. The molecule has 0 unspecified atom stereocenters. The maximum absolute atomic E-state index is 12.2. The quantitative estimate of drug-likeness (QED) is 0.775. The minimum absolute atomic E-state index is 0.0203. The van der Waals surface area contributed by atoms with Crippen molar-refractivity contribution in [1.29, 1.82) is 0 Å². The van der Waals surface area contributed by atoms with Gasteiger partial charge in [0.2, 0.25) is 11.7 Å². The van der Waals surface area contributed by atoms with Crippen LogP contribution in [0, 0.1) is 5.41 Å². The summed E-state index contributed by atoms with van der Waals surface area (Å²) in [6.07, 6.45) is 0. The Morgan fingerprint density at radius 3 is 2.62 bits per heavy atom. The Kier molecular flexibility index (Phi) is 6.02. The zero-order chi connectivity index (χ0) is 17.7. The molecule has 1 heterocycles. The van der Waals surface area contributed by atoms with Crippen LogP contribution in [0.2, 0.25) is 5.02 Å². The van der Waals surface area contributed by atoms with Gasteiger partial charge in [0.25, 0.3) is 0 Å². The summed E-state index contributed by atoms with van der Waals surface area (Å²) in [6.45, 7) is 5.95. The number of hydrogen-bond acceptors (Lipinski definition) is 4. The van der Waals surface area contributed by atoms with Crippen molar-refractivity contribution in [3.8, 4) is 5.75 Å². The third-order valence-electron chi connectivity index (χ3n) is 3.21. The molecule has 0 saturated carbocycles. The number of hydrogen-bond donors (Lipinski definition) is 1. The summed E-state index contributed by atoms with van der Waals surface area (Å²) in [7, 11) is 0. The molecule has 0 bridgehead atoms. The highest BCUT2D eigenvalue weighted by molar-refractivity contribution is 7.14. The van der Waals surface area contributed by atoms with Gasteiger partial charge in [-0.25, -0.2) is 0 Å². The molecule has 0 spiro atoms. The van der Waals surface area contributed by atoms with E-state index >= 15 is 0 Å². The molecule has 0 aliphatic rings. The number of amides is 1. The number of carbonyl (C=O) groups excluding carboxylic acids is 2. The summed E-state index contributed by atoms with van der Waals surface area (Å²) in [4.78, 5) is 25.6. The van der Waals surface area contributed by atoms with Crippen LogP contribution < -0.4 is 10.1 Å². The Balaban J connectivity index is 1.88. The lowest BCUT2D eigenvalue weighted by Crippen LogP contribution is -2.34. The molecule has 1 aromatic heterocycles. The molecule has 4 nitrogen and oxygen atoms in total. The summed E-state index contributed by atoms with van der Waals surface area (Å²) >= 11 is 7.24. The first-order valence-corrected chi connectivity index (χ1v) is 8.74. The Labute approximate surface area is 150 Å². The van der Waals surface area contributed by atoms with Gasteiger partial charge in [-0.3, -0.25) is 9.59 Å². The van der Waals surface area contributed by atoms with Gasteiger partial charge in [0.05, 0.1) is 11.4 Å². The van der Waals surface area contributed by atoms with Crippen molar-refractivity contribution in [1.82, 2.24) is 5.32 Å². The fraction of sp³-hybridized carbons (Fsp3) is 0.333. The van der Waals surface area contributed by atoms with Crippen LogP contribution in [0.1, 0.15) is 35.3 Å². The Bertz CT molecular complexity index is 734. The van der Waals surface area contributed by atoms with Gasteiger partial charge in [0.15, 0.2) is 6.61 Å². The SMILES string of the molecule is CC(C)(C)C(=O)NCc1ccc(C(=O)COc2cccc(Cl)c2)s1. The van der Waals surface area contributed by atoms with E-state index < -0.39 is 5.41 Å².